The largest absolute Gasteiger partial charge is 0.457 e. The van der Waals surface area contributed by atoms with Gasteiger partial charge in [0.1, 0.15) is 0 Å². The van der Waals surface area contributed by atoms with Crippen molar-refractivity contribution in [3.63, 3.8) is 0 Å². The summed E-state index contributed by atoms with van der Waals surface area (Å²) in [5.74, 6) is 1.09. The number of halogens is 1. The van der Waals surface area contributed by atoms with Gasteiger partial charge < -0.3 is 29.7 Å². The van der Waals surface area contributed by atoms with Crippen molar-refractivity contribution in [2.75, 3.05) is 36.8 Å². The summed E-state index contributed by atoms with van der Waals surface area (Å²) in [4.78, 5) is 40.9. The van der Waals surface area contributed by atoms with Gasteiger partial charge in [0.2, 0.25) is 11.8 Å². The minimum absolute atomic E-state index is 0.167. The summed E-state index contributed by atoms with van der Waals surface area (Å²) in [6, 6.07) is 8.15. The third kappa shape index (κ3) is 6.58. The van der Waals surface area contributed by atoms with Gasteiger partial charge in [-0.1, -0.05) is 18.6 Å². The molecule has 232 valence electrons. The molecule has 4 aromatic rings. The molecule has 0 radical (unpaired) electrons. The highest BCUT2D eigenvalue weighted by atomic mass is 127. The molecule has 3 aromatic heterocycles. The number of hydrogen-bond acceptors (Lipinski definition) is 14. The number of tetrazole rings is 1. The third-order valence-electron chi connectivity index (χ3n) is 7.60. The van der Waals surface area contributed by atoms with Crippen molar-refractivity contribution < 1.29 is 23.8 Å². The lowest BCUT2D eigenvalue weighted by Gasteiger charge is -2.26. The SMILES string of the molecule is Cn1nnc([C@H]2O[C@@H](n3cnc4c(NCc5cccc(I)c5)nc(NCCN5CCCCC5)nc43)[C@H](OC=O)[C@H]2OC=O)n1. The molecule has 6 rings (SSSR count). The molecule has 2 aliphatic heterocycles. The van der Waals surface area contributed by atoms with Crippen LogP contribution in [0, 0.1) is 3.57 Å². The Bertz CT molecular complexity index is 1590. The van der Waals surface area contributed by atoms with Crippen LogP contribution >= 0.6 is 22.6 Å². The van der Waals surface area contributed by atoms with Gasteiger partial charge >= 0.3 is 0 Å². The van der Waals surface area contributed by atoms with Gasteiger partial charge in [-0.05, 0) is 71.4 Å². The van der Waals surface area contributed by atoms with E-state index in [1.165, 1.54) is 30.4 Å². The van der Waals surface area contributed by atoms with Crippen LogP contribution in [0.25, 0.3) is 11.2 Å². The highest BCUT2D eigenvalue weighted by molar-refractivity contribution is 14.1. The van der Waals surface area contributed by atoms with Crippen molar-refractivity contribution in [1.29, 1.82) is 0 Å². The van der Waals surface area contributed by atoms with Crippen LogP contribution in [-0.4, -0.2) is 96.0 Å². The van der Waals surface area contributed by atoms with Crippen molar-refractivity contribution in [2.24, 2.45) is 7.05 Å². The number of piperidine rings is 1. The summed E-state index contributed by atoms with van der Waals surface area (Å²) in [5, 5.41) is 18.9. The number of aryl methyl sites for hydroxylation is 1. The van der Waals surface area contributed by atoms with Gasteiger partial charge in [-0.3, -0.25) is 14.2 Å². The molecule has 0 aliphatic carbocycles. The monoisotopic (exact) mass is 717 g/mol. The van der Waals surface area contributed by atoms with Crippen molar-refractivity contribution >= 4 is 58.5 Å². The first-order valence-corrected chi connectivity index (χ1v) is 15.4. The minimum Gasteiger partial charge on any atom is -0.457 e. The molecule has 16 nitrogen and oxygen atoms in total. The Hall–Kier alpha value is -3.97. The highest BCUT2D eigenvalue weighted by Crippen LogP contribution is 2.42. The molecule has 2 aliphatic rings. The van der Waals surface area contributed by atoms with E-state index in [0.717, 1.165) is 28.8 Å². The first-order chi connectivity index (χ1) is 21.5. The topological polar surface area (TPSA) is 176 Å². The van der Waals surface area contributed by atoms with E-state index < -0.39 is 24.5 Å². The molecule has 0 spiro atoms. The number of ether oxygens (including phenoxy) is 3. The summed E-state index contributed by atoms with van der Waals surface area (Å²) in [7, 11) is 1.60. The summed E-state index contributed by atoms with van der Waals surface area (Å²) < 4.78 is 19.8. The normalized spacial score (nSPS) is 22.1. The Labute approximate surface area is 266 Å². The molecule has 5 heterocycles. The van der Waals surface area contributed by atoms with Crippen LogP contribution in [0.3, 0.4) is 0 Å². The summed E-state index contributed by atoms with van der Waals surface area (Å²) >= 11 is 2.28. The molecule has 4 atom stereocenters. The molecular weight excluding hydrogens is 685 g/mol. The van der Waals surface area contributed by atoms with Gasteiger partial charge in [-0.25, -0.2) is 4.98 Å². The molecule has 17 heteroatoms. The van der Waals surface area contributed by atoms with E-state index in [2.05, 4.69) is 64.6 Å². The molecular formula is C27H32IN11O5. The lowest BCUT2D eigenvalue weighted by atomic mass is 10.1. The van der Waals surface area contributed by atoms with Gasteiger partial charge in [-0.15, -0.1) is 10.2 Å². The van der Waals surface area contributed by atoms with Crippen LogP contribution in [0.4, 0.5) is 11.8 Å². The zero-order valence-electron chi connectivity index (χ0n) is 24.0. The minimum atomic E-state index is -1.06. The summed E-state index contributed by atoms with van der Waals surface area (Å²) in [6.45, 7) is 4.75. The number of carbonyl (C=O) groups is 2. The first kappa shape index (κ1) is 30.1. The van der Waals surface area contributed by atoms with E-state index in [0.29, 0.717) is 36.0 Å². The number of rotatable bonds is 13. The number of aromatic nitrogens is 8. The van der Waals surface area contributed by atoms with Crippen molar-refractivity contribution in [2.45, 2.75) is 50.3 Å². The highest BCUT2D eigenvalue weighted by Gasteiger charge is 2.52. The zero-order valence-corrected chi connectivity index (χ0v) is 26.1. The maximum atomic E-state index is 11.6. The first-order valence-electron chi connectivity index (χ1n) is 14.3. The molecule has 0 bridgehead atoms. The Kier molecular flexibility index (Phi) is 9.41. The molecule has 2 fully saturated rings. The van der Waals surface area contributed by atoms with E-state index in [9.17, 15) is 9.59 Å². The van der Waals surface area contributed by atoms with E-state index in [4.69, 9.17) is 24.2 Å². The van der Waals surface area contributed by atoms with Crippen LogP contribution in [0.5, 0.6) is 0 Å². The average Bonchev–Trinajstić information content (AvgIpc) is 3.74. The summed E-state index contributed by atoms with van der Waals surface area (Å²) in [6.07, 6.45) is 1.16. The van der Waals surface area contributed by atoms with Gasteiger partial charge in [0.25, 0.3) is 12.9 Å². The maximum Gasteiger partial charge on any atom is 0.293 e. The van der Waals surface area contributed by atoms with Crippen LogP contribution in [0.1, 0.15) is 43.0 Å². The number of carbonyl (C=O) groups excluding carboxylic acids is 2. The van der Waals surface area contributed by atoms with Crippen molar-refractivity contribution in [1.82, 2.24) is 44.6 Å². The molecule has 0 unspecified atom stereocenters. The fourth-order valence-corrected chi connectivity index (χ4v) is 6.16. The van der Waals surface area contributed by atoms with E-state index in [-0.39, 0.29) is 18.8 Å². The van der Waals surface area contributed by atoms with Crippen LogP contribution < -0.4 is 10.6 Å². The number of fused-ring (bicyclic) bond motifs is 1. The maximum absolute atomic E-state index is 11.6. The number of anilines is 2. The fourth-order valence-electron chi connectivity index (χ4n) is 5.55. The van der Waals surface area contributed by atoms with Gasteiger partial charge in [0.15, 0.2) is 41.5 Å². The third-order valence-corrected chi connectivity index (χ3v) is 8.27. The zero-order chi connectivity index (χ0) is 30.5. The Morgan fingerprint density at radius 3 is 2.66 bits per heavy atom. The van der Waals surface area contributed by atoms with E-state index >= 15 is 0 Å². The van der Waals surface area contributed by atoms with E-state index in [1.54, 1.807) is 11.6 Å². The number of hydrogen-bond donors (Lipinski definition) is 2. The molecule has 1 aromatic carbocycles. The molecule has 0 saturated carbocycles. The lowest BCUT2D eigenvalue weighted by Crippen LogP contribution is -2.34. The molecule has 2 N–H and O–H groups in total. The predicted molar refractivity (Wildman–Crippen MR) is 164 cm³/mol. The second-order valence-electron chi connectivity index (χ2n) is 10.5. The van der Waals surface area contributed by atoms with Crippen LogP contribution in [0.2, 0.25) is 0 Å². The van der Waals surface area contributed by atoms with Crippen molar-refractivity contribution in [3.05, 3.63) is 45.6 Å². The standard InChI is InChI=1S/C27H32IN11O5/c1-37-35-24(34-36-37)21-20(42-15-40)22(43-16-41)26(44-21)39-14-31-19-23(30-13-17-6-5-7-18(28)12-17)32-27(33-25(19)39)29-8-11-38-9-3-2-4-10-38/h5-7,12,14-16,20-22,26H,2-4,8-11,13H2,1H3,(H2,29,30,32,33)/t20-,21-,22+,26+/m0/s1. The Morgan fingerprint density at radius 1 is 1.09 bits per heavy atom. The summed E-state index contributed by atoms with van der Waals surface area (Å²) in [5.41, 5.74) is 1.99. The second kappa shape index (κ2) is 13.8. The number of nitrogens with zero attached hydrogens (tertiary/aromatic N) is 9. The number of benzene rings is 1. The van der Waals surface area contributed by atoms with E-state index in [1.807, 2.05) is 18.2 Å². The van der Waals surface area contributed by atoms with Gasteiger partial charge in [0, 0.05) is 23.2 Å². The van der Waals surface area contributed by atoms with Crippen LogP contribution in [-0.2, 0) is 37.4 Å². The van der Waals surface area contributed by atoms with Crippen molar-refractivity contribution in [3.8, 4) is 0 Å². The average molecular weight is 718 g/mol. The smallest absolute Gasteiger partial charge is 0.293 e. The van der Waals surface area contributed by atoms with Gasteiger partial charge in [-0.2, -0.15) is 14.8 Å². The number of imidazole rings is 1. The van der Waals surface area contributed by atoms with Gasteiger partial charge in [0.05, 0.1) is 13.4 Å². The number of likely N-dealkylation sites (tertiary alicyclic amines) is 1. The lowest BCUT2D eigenvalue weighted by molar-refractivity contribution is -0.151. The van der Waals surface area contributed by atoms with Crippen LogP contribution in [0.15, 0.2) is 30.6 Å². The quantitative estimate of drug-likeness (QED) is 0.151. The molecule has 2 saturated heterocycles. The Balaban J connectivity index is 1.34. The molecule has 44 heavy (non-hydrogen) atoms. The Morgan fingerprint density at radius 2 is 1.91 bits per heavy atom. The predicted octanol–water partition coefficient (Wildman–Crippen LogP) is 1.82. The molecule has 0 amide bonds. The number of nitrogens with one attached hydrogen (secondary N) is 2. The fraction of sp³-hybridized carbons (Fsp3) is 0.481. The second-order valence-corrected chi connectivity index (χ2v) is 11.8.